The summed E-state index contributed by atoms with van der Waals surface area (Å²) < 4.78 is 0. The van der Waals surface area contributed by atoms with Gasteiger partial charge in [-0.05, 0) is 61.1 Å². The van der Waals surface area contributed by atoms with Crippen LogP contribution in [0.5, 0.6) is 0 Å². The second-order valence-electron chi connectivity index (χ2n) is 8.92. The Bertz CT molecular complexity index is 1080. The van der Waals surface area contributed by atoms with Gasteiger partial charge in [0.1, 0.15) is 5.72 Å². The van der Waals surface area contributed by atoms with E-state index in [9.17, 15) is 5.11 Å². The summed E-state index contributed by atoms with van der Waals surface area (Å²) in [6.07, 6.45) is 3.19. The topological polar surface area (TPSA) is 62.4 Å². The van der Waals surface area contributed by atoms with Crippen molar-refractivity contribution < 1.29 is 5.11 Å². The van der Waals surface area contributed by atoms with Gasteiger partial charge in [-0.15, -0.1) is 0 Å². The lowest BCUT2D eigenvalue weighted by molar-refractivity contribution is -0.139. The minimum atomic E-state index is -0.961. The van der Waals surface area contributed by atoms with Crippen molar-refractivity contribution in [1.29, 1.82) is 0 Å². The Hall–Kier alpha value is -1.95. The first kappa shape index (κ1) is 21.9. The minimum absolute atomic E-state index is 0.188. The molecular formula is C26H27Cl2N3O. The quantitative estimate of drug-likeness (QED) is 0.507. The van der Waals surface area contributed by atoms with Crippen molar-refractivity contribution in [3.05, 3.63) is 99.3 Å². The van der Waals surface area contributed by atoms with Crippen LogP contribution in [0.4, 0.5) is 0 Å². The Morgan fingerprint density at radius 3 is 2.25 bits per heavy atom. The third kappa shape index (κ3) is 3.85. The zero-order valence-electron chi connectivity index (χ0n) is 17.8. The molecule has 3 N–H and O–H groups in total. The number of piperidine rings is 1. The molecule has 0 aliphatic carbocycles. The molecule has 32 heavy (non-hydrogen) atoms. The van der Waals surface area contributed by atoms with Crippen LogP contribution >= 0.6 is 23.2 Å². The Morgan fingerprint density at radius 2 is 1.66 bits per heavy atom. The van der Waals surface area contributed by atoms with Crippen molar-refractivity contribution in [1.82, 2.24) is 9.88 Å². The van der Waals surface area contributed by atoms with Crippen molar-refractivity contribution in [2.45, 2.75) is 56.0 Å². The van der Waals surface area contributed by atoms with E-state index in [2.05, 4.69) is 11.0 Å². The van der Waals surface area contributed by atoms with Gasteiger partial charge in [0, 0.05) is 34.2 Å². The fourth-order valence-corrected chi connectivity index (χ4v) is 6.11. The van der Waals surface area contributed by atoms with E-state index in [0.29, 0.717) is 23.0 Å². The maximum Gasteiger partial charge on any atom is 0.120 e. The van der Waals surface area contributed by atoms with Crippen molar-refractivity contribution >= 4 is 23.2 Å². The molecule has 2 aliphatic heterocycles. The lowest BCUT2D eigenvalue weighted by Gasteiger charge is -2.49. The molecule has 0 radical (unpaired) electrons. The number of aliphatic hydroxyl groups is 1. The first-order chi connectivity index (χ1) is 15.5. The molecule has 3 unspecified atom stereocenters. The average Bonchev–Trinajstić information content (AvgIpc) is 3.00. The van der Waals surface area contributed by atoms with E-state index in [0.717, 1.165) is 41.8 Å². The lowest BCUT2D eigenvalue weighted by atomic mass is 9.83. The summed E-state index contributed by atoms with van der Waals surface area (Å²) in [5, 5.41) is 13.4. The summed E-state index contributed by atoms with van der Waals surface area (Å²) in [4.78, 5) is 7.02. The number of nitrogens with two attached hydrogens (primary N) is 1. The predicted molar refractivity (Wildman–Crippen MR) is 129 cm³/mol. The molecule has 6 heteroatoms. The van der Waals surface area contributed by atoms with Gasteiger partial charge in [0.15, 0.2) is 0 Å². The molecule has 2 aliphatic rings. The minimum Gasteiger partial charge on any atom is -0.376 e. The van der Waals surface area contributed by atoms with E-state index in [1.165, 1.54) is 0 Å². The highest BCUT2D eigenvalue weighted by Crippen LogP contribution is 2.54. The first-order valence-electron chi connectivity index (χ1n) is 11.2. The first-order valence-corrected chi connectivity index (χ1v) is 11.9. The number of hydrogen-bond acceptors (Lipinski definition) is 4. The number of fused-ring (bicyclic) bond motifs is 2. The summed E-state index contributed by atoms with van der Waals surface area (Å²) in [6.45, 7) is 0.418. The summed E-state index contributed by atoms with van der Waals surface area (Å²) in [7, 11) is 0. The van der Waals surface area contributed by atoms with Gasteiger partial charge in [0.2, 0.25) is 0 Å². The zero-order valence-corrected chi connectivity index (χ0v) is 19.3. The van der Waals surface area contributed by atoms with Gasteiger partial charge < -0.3 is 10.8 Å². The van der Waals surface area contributed by atoms with Crippen LogP contribution in [0.3, 0.4) is 0 Å². The molecule has 5 rings (SSSR count). The van der Waals surface area contributed by atoms with E-state index in [1.807, 2.05) is 60.7 Å². The Morgan fingerprint density at radius 1 is 1.00 bits per heavy atom. The molecule has 2 fully saturated rings. The van der Waals surface area contributed by atoms with Crippen molar-refractivity contribution in [3.63, 3.8) is 0 Å². The third-order valence-electron chi connectivity index (χ3n) is 7.02. The number of rotatable bonds is 5. The zero-order chi connectivity index (χ0) is 22.3. The van der Waals surface area contributed by atoms with Crippen LogP contribution in [0.1, 0.15) is 60.2 Å². The second kappa shape index (κ2) is 8.77. The van der Waals surface area contributed by atoms with Crippen molar-refractivity contribution in [3.8, 4) is 0 Å². The fraction of sp³-hybridized carbons (Fsp3) is 0.346. The highest BCUT2D eigenvalue weighted by molar-refractivity contribution is 6.32. The molecule has 0 spiro atoms. The van der Waals surface area contributed by atoms with E-state index < -0.39 is 5.72 Å². The van der Waals surface area contributed by atoms with Gasteiger partial charge in [0.25, 0.3) is 0 Å². The number of halogens is 2. The van der Waals surface area contributed by atoms with E-state index in [-0.39, 0.29) is 18.0 Å². The average molecular weight is 468 g/mol. The van der Waals surface area contributed by atoms with Crippen LogP contribution in [0.25, 0.3) is 0 Å². The van der Waals surface area contributed by atoms with Gasteiger partial charge in [-0.3, -0.25) is 9.88 Å². The van der Waals surface area contributed by atoms with Crippen LogP contribution in [-0.4, -0.2) is 26.8 Å². The van der Waals surface area contributed by atoms with Crippen LogP contribution in [0.15, 0.2) is 66.7 Å². The van der Waals surface area contributed by atoms with Gasteiger partial charge in [0.05, 0.1) is 11.7 Å². The van der Waals surface area contributed by atoms with Gasteiger partial charge in [-0.25, -0.2) is 0 Å². The summed E-state index contributed by atoms with van der Waals surface area (Å²) in [5.74, 6) is 0.188. The maximum absolute atomic E-state index is 12.0. The SMILES string of the molecule is NCc1cccc(C2CC3CCC(O)(C2)N3C(c2ccccc2Cl)c2ccccc2Cl)n1. The molecule has 4 nitrogen and oxygen atoms in total. The molecule has 2 bridgehead atoms. The molecule has 3 heterocycles. The number of hydrogen-bond donors (Lipinski definition) is 2. The molecule has 3 atom stereocenters. The molecular weight excluding hydrogens is 441 g/mol. The van der Waals surface area contributed by atoms with Crippen molar-refractivity contribution in [2.75, 3.05) is 0 Å². The van der Waals surface area contributed by atoms with Crippen molar-refractivity contribution in [2.24, 2.45) is 5.73 Å². The molecule has 1 aromatic heterocycles. The number of aromatic nitrogens is 1. The largest absolute Gasteiger partial charge is 0.376 e. The highest BCUT2D eigenvalue weighted by atomic mass is 35.5. The smallest absolute Gasteiger partial charge is 0.120 e. The van der Waals surface area contributed by atoms with E-state index in [1.54, 1.807) is 0 Å². The standard InChI is InChI=1S/C26H27Cl2N3O/c27-22-9-3-1-7-20(22)25(21-8-2-4-10-23(21)28)31-19-12-13-26(31,32)15-17(14-19)24-11-5-6-18(16-29)30-24/h1-11,17,19,25,32H,12-16,29H2. The Kier molecular flexibility index (Phi) is 5.99. The summed E-state index contributed by atoms with van der Waals surface area (Å²) in [5.41, 5.74) is 8.69. The van der Waals surface area contributed by atoms with E-state index >= 15 is 0 Å². The number of pyridine rings is 1. The van der Waals surface area contributed by atoms with Gasteiger partial charge in [-0.2, -0.15) is 0 Å². The highest BCUT2D eigenvalue weighted by Gasteiger charge is 2.54. The molecule has 2 saturated heterocycles. The lowest BCUT2D eigenvalue weighted by Crippen LogP contribution is -2.54. The fourth-order valence-electron chi connectivity index (χ4n) is 5.63. The van der Waals surface area contributed by atoms with Gasteiger partial charge >= 0.3 is 0 Å². The predicted octanol–water partition coefficient (Wildman–Crippen LogP) is 5.67. The summed E-state index contributed by atoms with van der Waals surface area (Å²) in [6, 6.07) is 21.7. The normalized spacial score (nSPS) is 25.4. The molecule has 0 amide bonds. The third-order valence-corrected chi connectivity index (χ3v) is 7.70. The van der Waals surface area contributed by atoms with Crippen LogP contribution < -0.4 is 5.73 Å². The number of benzene rings is 2. The Balaban J connectivity index is 1.56. The molecule has 3 aromatic rings. The molecule has 0 saturated carbocycles. The van der Waals surface area contributed by atoms with Crippen LogP contribution in [0.2, 0.25) is 10.0 Å². The maximum atomic E-state index is 12.0. The molecule has 2 aromatic carbocycles. The second-order valence-corrected chi connectivity index (χ2v) is 9.74. The van der Waals surface area contributed by atoms with Crippen LogP contribution in [0, 0.1) is 0 Å². The van der Waals surface area contributed by atoms with Gasteiger partial charge in [-0.1, -0.05) is 65.7 Å². The van der Waals surface area contributed by atoms with E-state index in [4.69, 9.17) is 33.9 Å². The van der Waals surface area contributed by atoms with Crippen LogP contribution in [-0.2, 0) is 6.54 Å². The Labute approximate surface area is 199 Å². The summed E-state index contributed by atoms with van der Waals surface area (Å²) >= 11 is 13.4. The monoisotopic (exact) mass is 467 g/mol. The molecule has 166 valence electrons. The number of nitrogens with zero attached hydrogens (tertiary/aromatic N) is 2.